The molecule has 0 amide bonds. The van der Waals surface area contributed by atoms with Gasteiger partial charge in [-0.3, -0.25) is 0 Å². The fraction of sp³-hybridized carbons (Fsp3) is 0.0769. The lowest BCUT2D eigenvalue weighted by molar-refractivity contribution is 1.17. The maximum Gasteiger partial charge on any atom is 0.116 e. The molecule has 3 aromatic rings. The SMILES string of the molecule is Cc1ccc2c(-c3ncncc3Cl)c[nH]c2c1. The summed E-state index contributed by atoms with van der Waals surface area (Å²) in [7, 11) is 0. The zero-order valence-corrected chi connectivity index (χ0v) is 9.99. The molecule has 0 bridgehead atoms. The molecule has 0 spiro atoms. The fourth-order valence-corrected chi connectivity index (χ4v) is 2.15. The maximum absolute atomic E-state index is 6.11. The average molecular weight is 244 g/mol. The Hall–Kier alpha value is -1.87. The van der Waals surface area contributed by atoms with E-state index >= 15 is 0 Å². The first-order valence-corrected chi connectivity index (χ1v) is 5.67. The van der Waals surface area contributed by atoms with Crippen LogP contribution >= 0.6 is 11.6 Å². The largest absolute Gasteiger partial charge is 0.360 e. The fourth-order valence-electron chi connectivity index (χ4n) is 1.95. The van der Waals surface area contributed by atoms with Crippen LogP contribution < -0.4 is 0 Å². The van der Waals surface area contributed by atoms with E-state index in [1.807, 2.05) is 6.20 Å². The second-order valence-electron chi connectivity index (χ2n) is 3.97. The Morgan fingerprint density at radius 3 is 3.00 bits per heavy atom. The lowest BCUT2D eigenvalue weighted by Gasteiger charge is -2.00. The third kappa shape index (κ3) is 1.68. The zero-order valence-electron chi connectivity index (χ0n) is 9.24. The Morgan fingerprint density at radius 2 is 2.18 bits per heavy atom. The van der Waals surface area contributed by atoms with Crippen molar-refractivity contribution in [1.82, 2.24) is 15.0 Å². The summed E-state index contributed by atoms with van der Waals surface area (Å²) in [5.74, 6) is 0. The Kier molecular flexibility index (Phi) is 2.34. The molecule has 0 fully saturated rings. The summed E-state index contributed by atoms with van der Waals surface area (Å²) in [5, 5.41) is 1.69. The number of nitrogens with zero attached hydrogens (tertiary/aromatic N) is 2. The normalized spacial score (nSPS) is 10.9. The zero-order chi connectivity index (χ0) is 11.8. The van der Waals surface area contributed by atoms with Crippen LogP contribution in [0.25, 0.3) is 22.2 Å². The molecule has 84 valence electrons. The van der Waals surface area contributed by atoms with Crippen molar-refractivity contribution in [2.45, 2.75) is 6.92 Å². The number of H-pyrrole nitrogens is 1. The van der Waals surface area contributed by atoms with E-state index in [0.717, 1.165) is 22.2 Å². The van der Waals surface area contributed by atoms with Gasteiger partial charge < -0.3 is 4.98 Å². The summed E-state index contributed by atoms with van der Waals surface area (Å²) in [6.45, 7) is 2.07. The third-order valence-corrected chi connectivity index (χ3v) is 3.04. The number of aryl methyl sites for hydroxylation is 1. The molecule has 2 aromatic heterocycles. The molecule has 0 saturated carbocycles. The number of hydrogen-bond acceptors (Lipinski definition) is 2. The first-order chi connectivity index (χ1) is 8.25. The number of rotatable bonds is 1. The number of fused-ring (bicyclic) bond motifs is 1. The molecule has 17 heavy (non-hydrogen) atoms. The van der Waals surface area contributed by atoms with Gasteiger partial charge in [0.05, 0.1) is 10.7 Å². The monoisotopic (exact) mass is 243 g/mol. The Bertz CT molecular complexity index is 688. The van der Waals surface area contributed by atoms with Crippen LogP contribution in [-0.2, 0) is 0 Å². The van der Waals surface area contributed by atoms with Crippen LogP contribution in [0.2, 0.25) is 5.02 Å². The minimum absolute atomic E-state index is 0.564. The Balaban J connectivity index is 2.29. The van der Waals surface area contributed by atoms with E-state index in [1.165, 1.54) is 11.9 Å². The van der Waals surface area contributed by atoms with E-state index in [-0.39, 0.29) is 0 Å². The maximum atomic E-state index is 6.11. The van der Waals surface area contributed by atoms with E-state index in [0.29, 0.717) is 5.02 Å². The van der Waals surface area contributed by atoms with Crippen molar-refractivity contribution in [1.29, 1.82) is 0 Å². The van der Waals surface area contributed by atoms with Crippen LogP contribution in [-0.4, -0.2) is 15.0 Å². The summed E-state index contributed by atoms with van der Waals surface area (Å²) in [6, 6.07) is 6.26. The predicted octanol–water partition coefficient (Wildman–Crippen LogP) is 3.59. The lowest BCUT2D eigenvalue weighted by atomic mass is 10.1. The molecule has 4 heteroatoms. The number of hydrogen-bond donors (Lipinski definition) is 1. The predicted molar refractivity (Wildman–Crippen MR) is 69.1 cm³/mol. The minimum atomic E-state index is 0.564. The van der Waals surface area contributed by atoms with Gasteiger partial charge in [-0.1, -0.05) is 23.7 Å². The molecule has 1 N–H and O–H groups in total. The molecule has 0 unspecified atom stereocenters. The third-order valence-electron chi connectivity index (χ3n) is 2.76. The van der Waals surface area contributed by atoms with Gasteiger partial charge in [-0.25, -0.2) is 9.97 Å². The summed E-state index contributed by atoms with van der Waals surface area (Å²) in [5.41, 5.74) is 4.08. The second-order valence-corrected chi connectivity index (χ2v) is 4.38. The van der Waals surface area contributed by atoms with E-state index in [2.05, 4.69) is 40.1 Å². The van der Waals surface area contributed by atoms with Gasteiger partial charge in [-0.2, -0.15) is 0 Å². The van der Waals surface area contributed by atoms with Gasteiger partial charge in [0, 0.05) is 28.9 Å². The van der Waals surface area contributed by atoms with E-state index in [1.54, 1.807) is 6.20 Å². The minimum Gasteiger partial charge on any atom is -0.360 e. The number of aromatic amines is 1. The van der Waals surface area contributed by atoms with E-state index in [9.17, 15) is 0 Å². The van der Waals surface area contributed by atoms with Crippen molar-refractivity contribution in [2.75, 3.05) is 0 Å². The number of halogens is 1. The van der Waals surface area contributed by atoms with Crippen LogP contribution in [0.1, 0.15) is 5.56 Å². The van der Waals surface area contributed by atoms with Crippen LogP contribution in [0.3, 0.4) is 0 Å². The number of aromatic nitrogens is 3. The molecule has 0 saturated heterocycles. The van der Waals surface area contributed by atoms with Gasteiger partial charge in [0.1, 0.15) is 6.33 Å². The highest BCUT2D eigenvalue weighted by molar-refractivity contribution is 6.33. The van der Waals surface area contributed by atoms with Gasteiger partial charge in [-0.05, 0) is 18.6 Å². The van der Waals surface area contributed by atoms with Gasteiger partial charge in [0.15, 0.2) is 0 Å². The Morgan fingerprint density at radius 1 is 1.29 bits per heavy atom. The topological polar surface area (TPSA) is 41.6 Å². The molecule has 2 heterocycles. The first kappa shape index (κ1) is 10.3. The van der Waals surface area contributed by atoms with Crippen molar-refractivity contribution >= 4 is 22.5 Å². The highest BCUT2D eigenvalue weighted by Gasteiger charge is 2.10. The van der Waals surface area contributed by atoms with Crippen LogP contribution in [0.5, 0.6) is 0 Å². The van der Waals surface area contributed by atoms with Crippen LogP contribution in [0, 0.1) is 6.92 Å². The van der Waals surface area contributed by atoms with Gasteiger partial charge in [0.25, 0.3) is 0 Å². The molecule has 1 aromatic carbocycles. The number of benzene rings is 1. The standard InChI is InChI=1S/C13H10ClN3/c1-8-2-3-9-10(5-16-12(9)4-8)13-11(14)6-15-7-17-13/h2-7,16H,1H3. The summed E-state index contributed by atoms with van der Waals surface area (Å²) in [6.07, 6.45) is 5.05. The quantitative estimate of drug-likeness (QED) is 0.710. The molecule has 0 atom stereocenters. The summed E-state index contributed by atoms with van der Waals surface area (Å²) in [4.78, 5) is 11.4. The van der Waals surface area contributed by atoms with E-state index in [4.69, 9.17) is 11.6 Å². The first-order valence-electron chi connectivity index (χ1n) is 5.29. The molecule has 0 aliphatic rings. The smallest absolute Gasteiger partial charge is 0.116 e. The highest BCUT2D eigenvalue weighted by Crippen LogP contribution is 2.31. The number of nitrogens with one attached hydrogen (secondary N) is 1. The van der Waals surface area contributed by atoms with E-state index < -0.39 is 0 Å². The lowest BCUT2D eigenvalue weighted by Crippen LogP contribution is -1.85. The van der Waals surface area contributed by atoms with Crippen molar-refractivity contribution < 1.29 is 0 Å². The summed E-state index contributed by atoms with van der Waals surface area (Å²) < 4.78 is 0. The Labute approximate surface area is 103 Å². The van der Waals surface area contributed by atoms with Gasteiger partial charge >= 0.3 is 0 Å². The molecule has 0 radical (unpaired) electrons. The highest BCUT2D eigenvalue weighted by atomic mass is 35.5. The van der Waals surface area contributed by atoms with Crippen LogP contribution in [0.15, 0.2) is 36.9 Å². The van der Waals surface area contributed by atoms with Crippen molar-refractivity contribution in [2.24, 2.45) is 0 Å². The van der Waals surface area contributed by atoms with Crippen LogP contribution in [0.4, 0.5) is 0 Å². The average Bonchev–Trinajstić information content (AvgIpc) is 2.72. The molecular formula is C13H10ClN3. The molecular weight excluding hydrogens is 234 g/mol. The van der Waals surface area contributed by atoms with Gasteiger partial charge in [0.2, 0.25) is 0 Å². The molecule has 0 aliphatic heterocycles. The summed E-state index contributed by atoms with van der Waals surface area (Å²) >= 11 is 6.11. The van der Waals surface area contributed by atoms with Gasteiger partial charge in [-0.15, -0.1) is 0 Å². The van der Waals surface area contributed by atoms with Crippen molar-refractivity contribution in [3.63, 3.8) is 0 Å². The molecule has 0 aliphatic carbocycles. The molecule has 3 nitrogen and oxygen atoms in total. The van der Waals surface area contributed by atoms with Crippen molar-refractivity contribution in [3.8, 4) is 11.3 Å². The second kappa shape index (κ2) is 3.86. The molecule has 3 rings (SSSR count). The van der Waals surface area contributed by atoms with Crippen molar-refractivity contribution in [3.05, 3.63) is 47.5 Å².